The lowest BCUT2D eigenvalue weighted by molar-refractivity contribution is -0.146. The van der Waals surface area contributed by atoms with E-state index in [0.717, 1.165) is 32.5 Å². The first-order valence-corrected chi connectivity index (χ1v) is 7.83. The summed E-state index contributed by atoms with van der Waals surface area (Å²) in [6.07, 6.45) is 6.33. The van der Waals surface area contributed by atoms with Crippen molar-refractivity contribution in [3.63, 3.8) is 0 Å². The second kappa shape index (κ2) is 6.87. The lowest BCUT2D eigenvalue weighted by Gasteiger charge is -2.52. The van der Waals surface area contributed by atoms with E-state index in [1.165, 1.54) is 19.3 Å². The van der Waals surface area contributed by atoms with E-state index in [9.17, 15) is 4.79 Å². The number of nitrogens with zero attached hydrogens (tertiary/aromatic N) is 2. The van der Waals surface area contributed by atoms with Crippen LogP contribution in [0.25, 0.3) is 0 Å². The first-order chi connectivity index (χ1) is 9.61. The molecule has 1 spiro atoms. The largest absolute Gasteiger partial charge is 0.380 e. The first-order valence-electron chi connectivity index (χ1n) is 7.83. The average molecular weight is 283 g/mol. The fourth-order valence-corrected chi connectivity index (χ4v) is 3.77. The molecule has 1 saturated heterocycles. The predicted octanol–water partition coefficient (Wildman–Crippen LogP) is 0.827. The van der Waals surface area contributed by atoms with Gasteiger partial charge in [-0.1, -0.05) is 19.3 Å². The number of carbonyl (C=O) groups excluding carboxylic acids is 1. The lowest BCUT2D eigenvalue weighted by Crippen LogP contribution is -2.64. The molecule has 0 aromatic carbocycles. The van der Waals surface area contributed by atoms with Gasteiger partial charge in [0.05, 0.1) is 18.1 Å². The van der Waals surface area contributed by atoms with E-state index in [1.807, 2.05) is 0 Å². The van der Waals surface area contributed by atoms with Gasteiger partial charge >= 0.3 is 0 Å². The van der Waals surface area contributed by atoms with Crippen LogP contribution in [0.5, 0.6) is 0 Å². The van der Waals surface area contributed by atoms with Gasteiger partial charge in [-0.05, 0) is 19.9 Å². The Morgan fingerprint density at radius 1 is 1.30 bits per heavy atom. The third kappa shape index (κ3) is 3.32. The number of hydrogen-bond acceptors (Lipinski definition) is 4. The van der Waals surface area contributed by atoms with Crippen molar-refractivity contribution in [2.24, 2.45) is 5.73 Å². The fraction of sp³-hybridized carbons (Fsp3) is 0.933. The summed E-state index contributed by atoms with van der Waals surface area (Å²) in [5.74, 6) is 0.220. The van der Waals surface area contributed by atoms with E-state index < -0.39 is 0 Å². The highest BCUT2D eigenvalue weighted by Gasteiger charge is 2.43. The van der Waals surface area contributed by atoms with Crippen LogP contribution in [-0.4, -0.2) is 67.7 Å². The number of amides is 1. The maximum Gasteiger partial charge on any atom is 0.225 e. The van der Waals surface area contributed by atoms with Gasteiger partial charge in [-0.25, -0.2) is 0 Å². The summed E-state index contributed by atoms with van der Waals surface area (Å²) in [6, 6.07) is 0. The Balaban J connectivity index is 2.08. The molecule has 0 aromatic rings. The molecular formula is C15H29N3O2. The molecule has 0 radical (unpaired) electrons. The molecule has 2 aliphatic rings. The molecule has 116 valence electrons. The molecule has 1 saturated carbocycles. The molecule has 1 aliphatic heterocycles. The van der Waals surface area contributed by atoms with Crippen LogP contribution in [-0.2, 0) is 9.53 Å². The molecule has 1 amide bonds. The van der Waals surface area contributed by atoms with Gasteiger partial charge in [0.2, 0.25) is 5.91 Å². The molecule has 1 unspecified atom stereocenters. The minimum Gasteiger partial charge on any atom is -0.380 e. The van der Waals surface area contributed by atoms with Crippen molar-refractivity contribution in [1.82, 2.24) is 9.80 Å². The van der Waals surface area contributed by atoms with Gasteiger partial charge in [0.25, 0.3) is 0 Å². The monoisotopic (exact) mass is 283 g/mol. The van der Waals surface area contributed by atoms with Crippen molar-refractivity contribution < 1.29 is 9.53 Å². The van der Waals surface area contributed by atoms with Crippen molar-refractivity contribution in [2.75, 3.05) is 40.3 Å². The number of methoxy groups -OCH3 is 1. The SMILES string of the molecule is COC(CN)CC(=O)N1CCN(C)CC12CCCCC2. The number of ether oxygens (including phenoxy) is 1. The molecule has 1 atom stereocenters. The smallest absolute Gasteiger partial charge is 0.225 e. The van der Waals surface area contributed by atoms with Crippen molar-refractivity contribution >= 4 is 5.91 Å². The van der Waals surface area contributed by atoms with Gasteiger partial charge in [-0.15, -0.1) is 0 Å². The predicted molar refractivity (Wildman–Crippen MR) is 79.5 cm³/mol. The van der Waals surface area contributed by atoms with Gasteiger partial charge in [0, 0.05) is 33.3 Å². The zero-order valence-corrected chi connectivity index (χ0v) is 12.9. The lowest BCUT2D eigenvalue weighted by atomic mass is 9.78. The number of likely N-dealkylation sites (N-methyl/N-ethyl adjacent to an activating group) is 1. The topological polar surface area (TPSA) is 58.8 Å². The van der Waals surface area contributed by atoms with E-state index >= 15 is 0 Å². The highest BCUT2D eigenvalue weighted by atomic mass is 16.5. The summed E-state index contributed by atoms with van der Waals surface area (Å²) in [6.45, 7) is 3.23. The van der Waals surface area contributed by atoms with Gasteiger partial charge in [-0.3, -0.25) is 4.79 Å². The Hall–Kier alpha value is -0.650. The number of piperazine rings is 1. The van der Waals surface area contributed by atoms with E-state index in [1.54, 1.807) is 7.11 Å². The Morgan fingerprint density at radius 3 is 2.60 bits per heavy atom. The molecule has 0 aromatic heterocycles. The normalized spacial score (nSPS) is 24.9. The summed E-state index contributed by atoms with van der Waals surface area (Å²) < 4.78 is 5.27. The highest BCUT2D eigenvalue weighted by Crippen LogP contribution is 2.36. The van der Waals surface area contributed by atoms with Crippen LogP contribution < -0.4 is 5.73 Å². The van der Waals surface area contributed by atoms with Gasteiger partial charge in [0.1, 0.15) is 0 Å². The van der Waals surface area contributed by atoms with E-state index in [0.29, 0.717) is 13.0 Å². The van der Waals surface area contributed by atoms with E-state index in [2.05, 4.69) is 16.8 Å². The number of hydrogen-bond donors (Lipinski definition) is 1. The van der Waals surface area contributed by atoms with Crippen LogP contribution in [0.15, 0.2) is 0 Å². The Labute approximate surface area is 122 Å². The molecule has 2 fully saturated rings. The van der Waals surface area contributed by atoms with E-state index in [4.69, 9.17) is 10.5 Å². The minimum absolute atomic E-state index is 0.0647. The Kier molecular flexibility index (Phi) is 5.41. The van der Waals surface area contributed by atoms with Gasteiger partial charge in [-0.2, -0.15) is 0 Å². The van der Waals surface area contributed by atoms with Crippen LogP contribution in [0.3, 0.4) is 0 Å². The van der Waals surface area contributed by atoms with Crippen LogP contribution in [0.4, 0.5) is 0 Å². The molecule has 5 nitrogen and oxygen atoms in total. The molecule has 1 aliphatic carbocycles. The first kappa shape index (κ1) is 15.7. The van der Waals surface area contributed by atoms with Crippen molar-refractivity contribution in [1.29, 1.82) is 0 Å². The quantitative estimate of drug-likeness (QED) is 0.830. The highest BCUT2D eigenvalue weighted by molar-refractivity contribution is 5.78. The van der Waals surface area contributed by atoms with Crippen LogP contribution in [0.1, 0.15) is 38.5 Å². The molecule has 1 heterocycles. The molecule has 5 heteroatoms. The molecule has 2 rings (SSSR count). The summed E-state index contributed by atoms with van der Waals surface area (Å²) in [4.78, 5) is 17.2. The standard InChI is InChI=1S/C15H29N3O2/c1-17-8-9-18(14(19)10-13(11-16)20-2)15(12-17)6-4-3-5-7-15/h13H,3-12,16H2,1-2H3. The maximum absolute atomic E-state index is 12.7. The summed E-state index contributed by atoms with van der Waals surface area (Å²) in [5, 5.41) is 0. The van der Waals surface area contributed by atoms with Gasteiger partial charge in [0.15, 0.2) is 0 Å². The zero-order chi connectivity index (χ0) is 14.6. The third-order valence-electron chi connectivity index (χ3n) is 4.93. The second-order valence-electron chi connectivity index (χ2n) is 6.37. The Bertz CT molecular complexity index is 325. The number of nitrogens with two attached hydrogens (primary N) is 1. The summed E-state index contributed by atoms with van der Waals surface area (Å²) in [5.41, 5.74) is 5.71. The Morgan fingerprint density at radius 2 is 2.00 bits per heavy atom. The van der Waals surface area contributed by atoms with Crippen molar-refractivity contribution in [2.45, 2.75) is 50.2 Å². The van der Waals surface area contributed by atoms with Crippen molar-refractivity contribution in [3.05, 3.63) is 0 Å². The fourth-order valence-electron chi connectivity index (χ4n) is 3.77. The van der Waals surface area contributed by atoms with Crippen LogP contribution >= 0.6 is 0 Å². The van der Waals surface area contributed by atoms with Crippen LogP contribution in [0.2, 0.25) is 0 Å². The molecule has 2 N–H and O–H groups in total. The van der Waals surface area contributed by atoms with E-state index in [-0.39, 0.29) is 17.6 Å². The maximum atomic E-state index is 12.7. The molecular weight excluding hydrogens is 254 g/mol. The summed E-state index contributed by atoms with van der Waals surface area (Å²) in [7, 11) is 3.79. The third-order valence-corrected chi connectivity index (χ3v) is 4.93. The van der Waals surface area contributed by atoms with Gasteiger partial charge < -0.3 is 20.3 Å². The second-order valence-corrected chi connectivity index (χ2v) is 6.37. The average Bonchev–Trinajstić information content (AvgIpc) is 2.45. The van der Waals surface area contributed by atoms with Crippen LogP contribution in [0, 0.1) is 0 Å². The minimum atomic E-state index is -0.150. The number of rotatable bonds is 4. The summed E-state index contributed by atoms with van der Waals surface area (Å²) >= 11 is 0. The van der Waals surface area contributed by atoms with Crippen molar-refractivity contribution in [3.8, 4) is 0 Å². The molecule has 0 bridgehead atoms. The molecule has 20 heavy (non-hydrogen) atoms. The zero-order valence-electron chi connectivity index (χ0n) is 12.9. The number of carbonyl (C=O) groups is 1.